The number of hydrogen-bond donors (Lipinski definition) is 3. The van der Waals surface area contributed by atoms with E-state index in [1.165, 1.54) is 0 Å². The summed E-state index contributed by atoms with van der Waals surface area (Å²) >= 11 is 0. The molecule has 0 saturated carbocycles. The number of carboxylic acid groups (broad SMARTS) is 1. The molecule has 0 unspecified atom stereocenters. The minimum absolute atomic E-state index is 0.0451. The van der Waals surface area contributed by atoms with E-state index in [-0.39, 0.29) is 6.42 Å². The summed E-state index contributed by atoms with van der Waals surface area (Å²) in [6, 6.07) is 0. The van der Waals surface area contributed by atoms with Crippen molar-refractivity contribution in [3.05, 3.63) is 18.2 Å². The number of nitrogens with one attached hydrogen (secondary N) is 1. The molecule has 1 aromatic heterocycles. The Kier molecular flexibility index (Phi) is 4.91. The molecule has 9 heteroatoms. The van der Waals surface area contributed by atoms with Gasteiger partial charge in [0.2, 0.25) is 10.4 Å². The maximum atomic E-state index is 10.2. The van der Waals surface area contributed by atoms with Gasteiger partial charge in [-0.05, 0) is 0 Å². The van der Waals surface area contributed by atoms with Gasteiger partial charge in [0.1, 0.15) is 18.8 Å². The Morgan fingerprint density at radius 2 is 2.13 bits per heavy atom. The molecule has 0 bridgehead atoms. The molecule has 0 fully saturated rings. The normalized spacial score (nSPS) is 10.3. The van der Waals surface area contributed by atoms with Crippen molar-refractivity contribution in [2.75, 3.05) is 0 Å². The molecule has 0 aliphatic carbocycles. The number of imidazole rings is 1. The third-order valence-corrected chi connectivity index (χ3v) is 1.29. The maximum Gasteiger partial charge on any atom is 0.315 e. The van der Waals surface area contributed by atoms with Crippen molar-refractivity contribution >= 4 is 16.4 Å². The monoisotopic (exact) mass is 238 g/mol. The summed E-state index contributed by atoms with van der Waals surface area (Å²) in [6.45, 7) is 0. The quantitative estimate of drug-likeness (QED) is 0.325. The van der Waals surface area contributed by atoms with E-state index in [0.717, 1.165) is 0 Å². The van der Waals surface area contributed by atoms with E-state index in [1.807, 2.05) is 0 Å². The van der Waals surface area contributed by atoms with Crippen molar-refractivity contribution in [2.24, 2.45) is 7.05 Å². The molecular formula is C6H10N2O6S. The van der Waals surface area contributed by atoms with Gasteiger partial charge < -0.3 is 9.66 Å². The van der Waals surface area contributed by atoms with Crippen LogP contribution in [0.15, 0.2) is 12.4 Å². The molecule has 0 saturated heterocycles. The van der Waals surface area contributed by atoms with Crippen molar-refractivity contribution in [1.29, 1.82) is 0 Å². The number of rotatable bonds is 2. The highest BCUT2D eigenvalue weighted by Gasteiger charge is 2.10. The summed E-state index contributed by atoms with van der Waals surface area (Å²) in [7, 11) is -3.12. The zero-order chi connectivity index (χ0) is 12.1. The SMILES string of the molecule is C[n+]1cc[nH]c1CC(=O)O.O=S(=O)([O-])O. The largest absolute Gasteiger partial charge is 0.726 e. The average Bonchev–Trinajstić information content (AvgIpc) is 2.31. The first kappa shape index (κ1) is 13.5. The van der Waals surface area contributed by atoms with Crippen LogP contribution in [0.1, 0.15) is 5.82 Å². The van der Waals surface area contributed by atoms with Crippen molar-refractivity contribution in [2.45, 2.75) is 6.42 Å². The molecule has 0 aliphatic heterocycles. The van der Waals surface area contributed by atoms with E-state index in [1.54, 1.807) is 24.0 Å². The van der Waals surface area contributed by atoms with Gasteiger partial charge in [0, 0.05) is 0 Å². The van der Waals surface area contributed by atoms with Gasteiger partial charge in [0.15, 0.2) is 0 Å². The zero-order valence-electron chi connectivity index (χ0n) is 7.74. The van der Waals surface area contributed by atoms with E-state index in [0.29, 0.717) is 5.82 Å². The van der Waals surface area contributed by atoms with Crippen LogP contribution in [0.4, 0.5) is 0 Å². The molecule has 0 atom stereocenters. The molecule has 0 aromatic carbocycles. The number of carbonyl (C=O) groups is 1. The van der Waals surface area contributed by atoms with E-state index < -0.39 is 16.4 Å². The van der Waals surface area contributed by atoms with E-state index >= 15 is 0 Å². The summed E-state index contributed by atoms with van der Waals surface area (Å²) in [5, 5.41) is 8.38. The first-order valence-corrected chi connectivity index (χ1v) is 4.98. The smallest absolute Gasteiger partial charge is 0.315 e. The minimum atomic E-state index is -4.92. The number of hydrogen-bond acceptors (Lipinski definition) is 4. The van der Waals surface area contributed by atoms with Gasteiger partial charge in [0.05, 0.1) is 7.05 Å². The number of nitrogens with zero attached hydrogens (tertiary/aromatic N) is 1. The van der Waals surface area contributed by atoms with Crippen molar-refractivity contribution in [1.82, 2.24) is 4.98 Å². The number of carboxylic acids is 1. The standard InChI is InChI=1S/C6H8N2O2.H2O4S/c1-8-3-2-7-5(8)4-6(9)10;1-5(2,3)4/h2-3H,4H2,1H3,(H,9,10);(H2,1,2,3,4). The summed E-state index contributed by atoms with van der Waals surface area (Å²) in [5.74, 6) is -0.120. The van der Waals surface area contributed by atoms with Crippen LogP contribution in [-0.4, -0.2) is 33.6 Å². The molecule has 15 heavy (non-hydrogen) atoms. The van der Waals surface area contributed by atoms with Crippen LogP contribution < -0.4 is 4.57 Å². The number of aryl methyl sites for hydroxylation is 1. The van der Waals surface area contributed by atoms with E-state index in [9.17, 15) is 4.79 Å². The van der Waals surface area contributed by atoms with Crippen LogP contribution >= 0.6 is 0 Å². The van der Waals surface area contributed by atoms with Gasteiger partial charge in [-0.15, -0.1) is 0 Å². The van der Waals surface area contributed by atoms with Gasteiger partial charge in [-0.1, -0.05) is 0 Å². The number of H-pyrrole nitrogens is 1. The fourth-order valence-electron chi connectivity index (χ4n) is 0.756. The maximum absolute atomic E-state index is 10.2. The second-order valence-corrected chi connectivity index (χ2v) is 3.37. The van der Waals surface area contributed by atoms with Gasteiger partial charge in [-0.3, -0.25) is 9.35 Å². The lowest BCUT2D eigenvalue weighted by molar-refractivity contribution is -0.677. The van der Waals surface area contributed by atoms with Gasteiger partial charge in [-0.2, -0.15) is 0 Å². The molecule has 8 nitrogen and oxygen atoms in total. The number of aromatic amines is 1. The molecule has 1 rings (SSSR count). The average molecular weight is 238 g/mol. The predicted octanol–water partition coefficient (Wildman–Crippen LogP) is -1.53. The lowest BCUT2D eigenvalue weighted by atomic mass is 10.4. The van der Waals surface area contributed by atoms with Crippen LogP contribution in [-0.2, 0) is 28.7 Å². The second kappa shape index (κ2) is 5.44. The highest BCUT2D eigenvalue weighted by Crippen LogP contribution is 1.85. The first-order valence-electron chi connectivity index (χ1n) is 3.62. The Hall–Kier alpha value is -1.45. The van der Waals surface area contributed by atoms with Crippen molar-refractivity contribution in [3.8, 4) is 0 Å². The topological polar surface area (TPSA) is 134 Å². The summed E-state index contributed by atoms with van der Waals surface area (Å²) < 4.78 is 34.6. The highest BCUT2D eigenvalue weighted by molar-refractivity contribution is 7.79. The molecule has 3 N–H and O–H groups in total. The number of aromatic nitrogens is 2. The lowest BCUT2D eigenvalue weighted by Gasteiger charge is -1.88. The third kappa shape index (κ3) is 8.87. The van der Waals surface area contributed by atoms with Gasteiger partial charge >= 0.3 is 5.97 Å². The Labute approximate surface area is 85.8 Å². The van der Waals surface area contributed by atoms with Crippen molar-refractivity contribution in [3.63, 3.8) is 0 Å². The van der Waals surface area contributed by atoms with E-state index in [4.69, 9.17) is 22.6 Å². The van der Waals surface area contributed by atoms with Crippen LogP contribution in [0.3, 0.4) is 0 Å². The Morgan fingerprint density at radius 1 is 1.67 bits per heavy atom. The van der Waals surface area contributed by atoms with Crippen LogP contribution in [0, 0.1) is 0 Å². The third-order valence-electron chi connectivity index (χ3n) is 1.29. The first-order chi connectivity index (χ1) is 6.70. The fraction of sp³-hybridized carbons (Fsp3) is 0.333. The second-order valence-electron chi connectivity index (χ2n) is 2.52. The molecule has 0 radical (unpaired) electrons. The van der Waals surface area contributed by atoms with Crippen LogP contribution in [0.25, 0.3) is 0 Å². The summed E-state index contributed by atoms with van der Waals surface area (Å²) in [4.78, 5) is 13.0. The van der Waals surface area contributed by atoms with Crippen LogP contribution in [0.5, 0.6) is 0 Å². The lowest BCUT2D eigenvalue weighted by Crippen LogP contribution is -2.31. The zero-order valence-corrected chi connectivity index (χ0v) is 8.56. The molecular weight excluding hydrogens is 228 g/mol. The summed E-state index contributed by atoms with van der Waals surface area (Å²) in [6.07, 6.45) is 3.53. The van der Waals surface area contributed by atoms with Gasteiger partial charge in [-0.25, -0.2) is 18.0 Å². The predicted molar refractivity (Wildman–Crippen MR) is 45.6 cm³/mol. The number of aliphatic carboxylic acids is 1. The molecule has 86 valence electrons. The molecule has 1 aromatic rings. The van der Waals surface area contributed by atoms with E-state index in [2.05, 4.69) is 4.98 Å². The Bertz CT molecular complexity index is 415. The van der Waals surface area contributed by atoms with Crippen LogP contribution in [0.2, 0.25) is 0 Å². The molecule has 0 amide bonds. The fourth-order valence-corrected chi connectivity index (χ4v) is 0.756. The highest BCUT2D eigenvalue weighted by atomic mass is 32.3. The molecule has 0 aliphatic rings. The Balaban J connectivity index is 0.000000336. The van der Waals surface area contributed by atoms with Gasteiger partial charge in [0.25, 0.3) is 5.82 Å². The molecule has 1 heterocycles. The van der Waals surface area contributed by atoms with Crippen molar-refractivity contribution < 1.29 is 32.0 Å². The molecule has 0 spiro atoms. The Morgan fingerprint density at radius 3 is 2.40 bits per heavy atom. The summed E-state index contributed by atoms with van der Waals surface area (Å²) in [5.41, 5.74) is 0. The minimum Gasteiger partial charge on any atom is -0.726 e.